The molecule has 0 N–H and O–H groups in total. The number of carbonyl (C=O) groups excluding carboxylic acids is 2. The van der Waals surface area contributed by atoms with Crippen LogP contribution in [0.15, 0.2) is 23.1 Å². The molecule has 6 nitrogen and oxygen atoms in total. The molecule has 2 amide bonds. The highest BCUT2D eigenvalue weighted by Gasteiger charge is 2.34. The van der Waals surface area contributed by atoms with Gasteiger partial charge in [0.1, 0.15) is 12.1 Å². The van der Waals surface area contributed by atoms with Gasteiger partial charge in [0.2, 0.25) is 11.8 Å². The van der Waals surface area contributed by atoms with Crippen molar-refractivity contribution in [1.82, 2.24) is 14.4 Å². The number of alkyl halides is 3. The van der Waals surface area contributed by atoms with Gasteiger partial charge >= 0.3 is 6.18 Å². The van der Waals surface area contributed by atoms with Crippen molar-refractivity contribution >= 4 is 11.8 Å². The van der Waals surface area contributed by atoms with Crippen LogP contribution in [0.4, 0.5) is 13.2 Å². The number of amides is 2. The number of pyridine rings is 1. The highest BCUT2D eigenvalue weighted by molar-refractivity contribution is 5.78. The standard InChI is InChI=1S/C21H28F3N3O3/c22-21(23,24)17-7-4-10-27(20(17)30)15-19(29)26-13-11-25(12-14-26)18(28)9-8-16-5-2-1-3-6-16/h4,7,10,16H,1-3,5-6,8-9,11-15H2. The first kappa shape index (κ1) is 22.4. The topological polar surface area (TPSA) is 62.6 Å². The molecule has 0 spiro atoms. The maximum atomic E-state index is 12.9. The Morgan fingerprint density at radius 2 is 1.57 bits per heavy atom. The van der Waals surface area contributed by atoms with Crippen LogP contribution in [-0.2, 0) is 22.3 Å². The van der Waals surface area contributed by atoms with Crippen LogP contribution in [0.5, 0.6) is 0 Å². The van der Waals surface area contributed by atoms with E-state index in [4.69, 9.17) is 0 Å². The predicted molar refractivity (Wildman–Crippen MR) is 105 cm³/mol. The van der Waals surface area contributed by atoms with Gasteiger partial charge in [0.25, 0.3) is 5.56 Å². The lowest BCUT2D eigenvalue weighted by Crippen LogP contribution is -2.51. The number of aromatic nitrogens is 1. The minimum atomic E-state index is -4.76. The minimum Gasteiger partial charge on any atom is -0.339 e. The second-order valence-electron chi connectivity index (χ2n) is 8.16. The van der Waals surface area contributed by atoms with E-state index in [1.807, 2.05) is 0 Å². The number of hydrogen-bond acceptors (Lipinski definition) is 3. The Labute approximate surface area is 173 Å². The number of rotatable bonds is 5. The average Bonchev–Trinajstić information content (AvgIpc) is 2.73. The highest BCUT2D eigenvalue weighted by atomic mass is 19.4. The van der Waals surface area contributed by atoms with Gasteiger partial charge < -0.3 is 14.4 Å². The van der Waals surface area contributed by atoms with Crippen molar-refractivity contribution in [3.63, 3.8) is 0 Å². The second-order valence-corrected chi connectivity index (χ2v) is 8.16. The van der Waals surface area contributed by atoms with Gasteiger partial charge in [-0.05, 0) is 24.5 Å². The third-order valence-corrected chi connectivity index (χ3v) is 6.11. The fraction of sp³-hybridized carbons (Fsp3) is 0.667. The molecule has 1 aliphatic carbocycles. The zero-order valence-corrected chi connectivity index (χ0v) is 17.0. The molecule has 0 radical (unpaired) electrons. The van der Waals surface area contributed by atoms with Crippen molar-refractivity contribution in [2.75, 3.05) is 26.2 Å². The number of piperazine rings is 1. The van der Waals surface area contributed by atoms with Crippen LogP contribution in [0.1, 0.15) is 50.5 Å². The summed E-state index contributed by atoms with van der Waals surface area (Å²) in [5.41, 5.74) is -2.51. The summed E-state index contributed by atoms with van der Waals surface area (Å²) in [7, 11) is 0. The molecule has 2 heterocycles. The fourth-order valence-corrected chi connectivity index (χ4v) is 4.29. The van der Waals surface area contributed by atoms with E-state index >= 15 is 0 Å². The molecule has 3 rings (SSSR count). The lowest BCUT2D eigenvalue weighted by molar-refractivity contribution is -0.141. The summed E-state index contributed by atoms with van der Waals surface area (Å²) in [6.07, 6.45) is 4.03. The van der Waals surface area contributed by atoms with Gasteiger partial charge in [-0.3, -0.25) is 14.4 Å². The summed E-state index contributed by atoms with van der Waals surface area (Å²) in [5, 5.41) is 0. The van der Waals surface area contributed by atoms with Gasteiger partial charge in [-0.25, -0.2) is 0 Å². The van der Waals surface area contributed by atoms with Gasteiger partial charge in [0.15, 0.2) is 0 Å². The van der Waals surface area contributed by atoms with Crippen LogP contribution >= 0.6 is 0 Å². The summed E-state index contributed by atoms with van der Waals surface area (Å²) in [4.78, 5) is 40.2. The van der Waals surface area contributed by atoms with Crippen molar-refractivity contribution in [2.45, 2.75) is 57.7 Å². The Morgan fingerprint density at radius 3 is 2.17 bits per heavy atom. The second kappa shape index (κ2) is 9.66. The minimum absolute atomic E-state index is 0.0989. The maximum absolute atomic E-state index is 12.9. The summed E-state index contributed by atoms with van der Waals surface area (Å²) in [6, 6.07) is 1.82. The van der Waals surface area contributed by atoms with Gasteiger partial charge in [-0.2, -0.15) is 13.2 Å². The largest absolute Gasteiger partial charge is 0.421 e. The van der Waals surface area contributed by atoms with Gasteiger partial charge in [0.05, 0.1) is 0 Å². The summed E-state index contributed by atoms with van der Waals surface area (Å²) in [6.45, 7) is 1.02. The molecule has 30 heavy (non-hydrogen) atoms. The van der Waals surface area contributed by atoms with E-state index in [-0.39, 0.29) is 5.91 Å². The smallest absolute Gasteiger partial charge is 0.339 e. The van der Waals surface area contributed by atoms with Crippen LogP contribution < -0.4 is 5.56 Å². The van der Waals surface area contributed by atoms with E-state index in [2.05, 4.69) is 0 Å². The molecule has 1 aliphatic heterocycles. The molecule has 1 aromatic heterocycles. The van der Waals surface area contributed by atoms with Gasteiger partial charge in [-0.1, -0.05) is 32.1 Å². The Balaban J connectivity index is 1.48. The Hall–Kier alpha value is -2.32. The van der Waals surface area contributed by atoms with Crippen LogP contribution in [-0.4, -0.2) is 52.4 Å². The first-order valence-corrected chi connectivity index (χ1v) is 10.6. The molecule has 1 aromatic rings. The van der Waals surface area contributed by atoms with Crippen molar-refractivity contribution in [3.8, 4) is 0 Å². The SMILES string of the molecule is O=C(CCC1CCCCC1)N1CCN(C(=O)Cn2cccc(C(F)(F)F)c2=O)CC1. The third kappa shape index (κ3) is 5.64. The summed E-state index contributed by atoms with van der Waals surface area (Å²) in [5.74, 6) is 0.309. The molecule has 2 fully saturated rings. The molecule has 1 saturated heterocycles. The molecule has 9 heteroatoms. The van der Waals surface area contributed by atoms with E-state index in [1.165, 1.54) is 43.2 Å². The molecule has 2 aliphatic rings. The normalized spacial score (nSPS) is 18.5. The maximum Gasteiger partial charge on any atom is 0.421 e. The van der Waals surface area contributed by atoms with Crippen molar-refractivity contribution in [1.29, 1.82) is 0 Å². The van der Waals surface area contributed by atoms with Crippen molar-refractivity contribution in [3.05, 3.63) is 34.2 Å². The van der Waals surface area contributed by atoms with E-state index in [0.29, 0.717) is 44.6 Å². The first-order chi connectivity index (χ1) is 14.3. The average molecular weight is 427 g/mol. The molecular formula is C21H28F3N3O3. The zero-order chi connectivity index (χ0) is 21.7. The van der Waals surface area contributed by atoms with E-state index < -0.39 is 29.8 Å². The van der Waals surface area contributed by atoms with Gasteiger partial charge in [0, 0.05) is 38.8 Å². The van der Waals surface area contributed by atoms with Crippen LogP contribution in [0.25, 0.3) is 0 Å². The van der Waals surface area contributed by atoms with Crippen LogP contribution in [0.3, 0.4) is 0 Å². The Morgan fingerprint density at radius 1 is 0.967 bits per heavy atom. The van der Waals surface area contributed by atoms with E-state index in [0.717, 1.165) is 17.1 Å². The summed E-state index contributed by atoms with van der Waals surface area (Å²) < 4.78 is 39.4. The monoisotopic (exact) mass is 427 g/mol. The predicted octanol–water partition coefficient (Wildman–Crippen LogP) is 2.90. The highest BCUT2D eigenvalue weighted by Crippen LogP contribution is 2.28. The lowest BCUT2D eigenvalue weighted by atomic mass is 9.86. The molecular weight excluding hydrogens is 399 g/mol. The first-order valence-electron chi connectivity index (χ1n) is 10.6. The Kier molecular flexibility index (Phi) is 7.20. The van der Waals surface area contributed by atoms with Gasteiger partial charge in [-0.15, -0.1) is 0 Å². The Bertz CT molecular complexity index is 808. The molecule has 166 valence electrons. The number of hydrogen-bond donors (Lipinski definition) is 0. The van der Waals surface area contributed by atoms with E-state index in [9.17, 15) is 27.6 Å². The fourth-order valence-electron chi connectivity index (χ4n) is 4.29. The van der Waals surface area contributed by atoms with Crippen LogP contribution in [0, 0.1) is 5.92 Å². The summed E-state index contributed by atoms with van der Waals surface area (Å²) >= 11 is 0. The lowest BCUT2D eigenvalue weighted by Gasteiger charge is -2.35. The number of halogens is 3. The number of nitrogens with zero attached hydrogens (tertiary/aromatic N) is 3. The quantitative estimate of drug-likeness (QED) is 0.726. The molecule has 0 aromatic carbocycles. The molecule has 0 unspecified atom stereocenters. The van der Waals surface area contributed by atoms with Crippen molar-refractivity contribution < 1.29 is 22.8 Å². The van der Waals surface area contributed by atoms with Crippen molar-refractivity contribution in [2.24, 2.45) is 5.92 Å². The number of carbonyl (C=O) groups is 2. The zero-order valence-electron chi connectivity index (χ0n) is 17.0. The van der Waals surface area contributed by atoms with E-state index in [1.54, 1.807) is 4.90 Å². The molecule has 0 atom stereocenters. The van der Waals surface area contributed by atoms with Crippen LogP contribution in [0.2, 0.25) is 0 Å². The molecule has 1 saturated carbocycles. The third-order valence-electron chi connectivity index (χ3n) is 6.11. The molecule has 0 bridgehead atoms.